The molecule has 0 fully saturated rings. The predicted molar refractivity (Wildman–Crippen MR) is 72.2 cm³/mol. The number of benzene rings is 1. The molecule has 0 saturated heterocycles. The lowest BCUT2D eigenvalue weighted by molar-refractivity contribution is -0.425. The molecule has 7 heteroatoms. The van der Waals surface area contributed by atoms with E-state index in [1.54, 1.807) is 37.3 Å². The summed E-state index contributed by atoms with van der Waals surface area (Å²) in [5.41, 5.74) is 0.695. The molecule has 0 bridgehead atoms. The summed E-state index contributed by atoms with van der Waals surface area (Å²) in [4.78, 5) is 14.7. The van der Waals surface area contributed by atoms with Gasteiger partial charge in [-0.05, 0) is 12.5 Å². The van der Waals surface area contributed by atoms with E-state index in [-0.39, 0.29) is 11.4 Å². The van der Waals surface area contributed by atoms with Crippen molar-refractivity contribution < 1.29 is 18.5 Å². The van der Waals surface area contributed by atoms with Crippen LogP contribution < -0.4 is 0 Å². The Kier molecular flexibility index (Phi) is 4.13. The second-order valence-corrected chi connectivity index (χ2v) is 4.29. The highest BCUT2D eigenvalue weighted by molar-refractivity contribution is 5.72. The normalized spacial score (nSPS) is 15.5. The fourth-order valence-corrected chi connectivity index (χ4v) is 2.05. The van der Waals surface area contributed by atoms with Gasteiger partial charge in [-0.3, -0.25) is 10.1 Å². The minimum absolute atomic E-state index is 0.246. The van der Waals surface area contributed by atoms with Crippen LogP contribution >= 0.6 is 0 Å². The highest BCUT2D eigenvalue weighted by atomic mass is 19.3. The fourth-order valence-electron chi connectivity index (χ4n) is 2.05. The first-order valence-corrected chi connectivity index (χ1v) is 5.98. The first-order chi connectivity index (χ1) is 9.91. The van der Waals surface area contributed by atoms with E-state index in [0.717, 1.165) is 0 Å². The van der Waals surface area contributed by atoms with Crippen molar-refractivity contribution in [3.8, 4) is 0 Å². The summed E-state index contributed by atoms with van der Waals surface area (Å²) in [6.45, 7) is 1.94. The molecule has 1 aromatic carbocycles. The van der Waals surface area contributed by atoms with Crippen LogP contribution in [0.25, 0.3) is 5.70 Å². The molecule has 21 heavy (non-hydrogen) atoms. The van der Waals surface area contributed by atoms with Gasteiger partial charge in [0.05, 0.1) is 10.6 Å². The fraction of sp³-hybridized carbons (Fsp3) is 0.143. The Bertz CT molecular complexity index is 639. The van der Waals surface area contributed by atoms with Crippen molar-refractivity contribution in [3.05, 3.63) is 75.6 Å². The average Bonchev–Trinajstić information content (AvgIpc) is 2.43. The summed E-state index contributed by atoms with van der Waals surface area (Å²) < 4.78 is 25.2. The van der Waals surface area contributed by atoms with Crippen LogP contribution in [0.4, 0.5) is 8.78 Å². The molecule has 0 unspecified atom stereocenters. The van der Waals surface area contributed by atoms with E-state index in [9.17, 15) is 18.9 Å². The third-order valence-electron chi connectivity index (χ3n) is 2.90. The van der Waals surface area contributed by atoms with Crippen molar-refractivity contribution in [2.75, 3.05) is 0 Å². The zero-order chi connectivity index (χ0) is 15.6. The lowest BCUT2D eigenvalue weighted by atomic mass is 10.0. The highest BCUT2D eigenvalue weighted by Crippen LogP contribution is 2.35. The van der Waals surface area contributed by atoms with Crippen molar-refractivity contribution in [2.45, 2.75) is 13.5 Å². The smallest absolute Gasteiger partial charge is 0.258 e. The average molecular weight is 294 g/mol. The molecule has 0 saturated carbocycles. The molecule has 0 radical (unpaired) electrons. The van der Waals surface area contributed by atoms with Crippen molar-refractivity contribution >= 4 is 5.70 Å². The largest absolute Gasteiger partial charge is 0.365 e. The quantitative estimate of drug-likeness (QED) is 0.629. The second kappa shape index (κ2) is 5.84. The van der Waals surface area contributed by atoms with Crippen LogP contribution in [0.5, 0.6) is 0 Å². The van der Waals surface area contributed by atoms with Crippen molar-refractivity contribution in [2.24, 2.45) is 0 Å². The highest BCUT2D eigenvalue weighted by Gasteiger charge is 2.33. The van der Waals surface area contributed by atoms with Gasteiger partial charge in [0, 0.05) is 11.6 Å². The molecule has 0 atom stereocenters. The molecule has 110 valence electrons. The first kappa shape index (κ1) is 14.9. The third kappa shape index (κ3) is 2.97. The van der Waals surface area contributed by atoms with Gasteiger partial charge in [0.2, 0.25) is 0 Å². The Labute approximate surface area is 119 Å². The molecule has 0 amide bonds. The summed E-state index contributed by atoms with van der Waals surface area (Å²) >= 11 is 0. The molecule has 1 aliphatic heterocycles. The molecule has 0 spiro atoms. The van der Waals surface area contributed by atoms with E-state index in [1.807, 2.05) is 0 Å². The van der Waals surface area contributed by atoms with Gasteiger partial charge in [0.15, 0.2) is 0 Å². The summed E-state index contributed by atoms with van der Waals surface area (Å²) in [5, 5.41) is 11.7. The Morgan fingerprint density at radius 1 is 1.33 bits per heavy atom. The molecule has 5 nitrogen and oxygen atoms in total. The van der Waals surface area contributed by atoms with Gasteiger partial charge in [-0.25, -0.2) is 5.06 Å². The van der Waals surface area contributed by atoms with Gasteiger partial charge in [-0.15, -0.1) is 0 Å². The Morgan fingerprint density at radius 3 is 2.48 bits per heavy atom. The monoisotopic (exact) mass is 294 g/mol. The molecule has 1 aliphatic rings. The number of rotatable bonds is 4. The van der Waals surface area contributed by atoms with E-state index in [2.05, 4.69) is 11.4 Å². The summed E-state index contributed by atoms with van der Waals surface area (Å²) in [7, 11) is 0. The van der Waals surface area contributed by atoms with Crippen molar-refractivity contribution in [3.63, 3.8) is 0 Å². The molecule has 1 heterocycles. The Morgan fingerprint density at radius 2 is 1.95 bits per heavy atom. The molecular weight excluding hydrogens is 282 g/mol. The number of halogens is 2. The number of allylic oxidation sites excluding steroid dienone is 2. The second-order valence-electron chi connectivity index (χ2n) is 4.29. The van der Waals surface area contributed by atoms with Gasteiger partial charge in [0.25, 0.3) is 5.70 Å². The Hall–Kier alpha value is -2.54. The molecule has 0 aliphatic carbocycles. The van der Waals surface area contributed by atoms with E-state index < -0.39 is 11.5 Å². The van der Waals surface area contributed by atoms with E-state index in [1.165, 1.54) is 6.08 Å². The number of nitro groups is 1. The van der Waals surface area contributed by atoms with Gasteiger partial charge in [0.1, 0.15) is 5.70 Å². The van der Waals surface area contributed by atoms with E-state index >= 15 is 0 Å². The zero-order valence-electron chi connectivity index (χ0n) is 11.1. The first-order valence-electron chi connectivity index (χ1n) is 5.98. The van der Waals surface area contributed by atoms with Crippen LogP contribution in [0, 0.1) is 10.1 Å². The standard InChI is InChI=1S/C14H12F2N2O3/c1-9-8-12(18(19)20)10(2)17(21-14(15)16)13(9)11-6-4-3-5-7-11/h3-8,14H,2H2,1H3. The maximum absolute atomic E-state index is 12.6. The van der Waals surface area contributed by atoms with Crippen LogP contribution in [0.15, 0.2) is 60.0 Å². The number of hydrogen-bond donors (Lipinski definition) is 0. The maximum Gasteiger partial charge on any atom is 0.365 e. The summed E-state index contributed by atoms with van der Waals surface area (Å²) in [6.07, 6.45) is 1.29. The zero-order valence-corrected chi connectivity index (χ0v) is 11.1. The van der Waals surface area contributed by atoms with Gasteiger partial charge < -0.3 is 0 Å². The minimum atomic E-state index is -3.13. The maximum atomic E-state index is 12.6. The van der Waals surface area contributed by atoms with Crippen LogP contribution in [0.2, 0.25) is 0 Å². The van der Waals surface area contributed by atoms with Gasteiger partial charge in [-0.1, -0.05) is 36.9 Å². The molecule has 0 N–H and O–H groups in total. The van der Waals surface area contributed by atoms with Gasteiger partial charge in [-0.2, -0.15) is 13.6 Å². The minimum Gasteiger partial charge on any atom is -0.258 e. The third-order valence-corrected chi connectivity index (χ3v) is 2.90. The Balaban J connectivity index is 2.57. The van der Waals surface area contributed by atoms with Crippen LogP contribution in [-0.4, -0.2) is 16.6 Å². The van der Waals surface area contributed by atoms with Crippen molar-refractivity contribution in [1.82, 2.24) is 5.06 Å². The number of hydroxylamine groups is 2. The number of alkyl halides is 2. The molecule has 0 aromatic heterocycles. The lowest BCUT2D eigenvalue weighted by Crippen LogP contribution is -2.30. The van der Waals surface area contributed by atoms with Crippen LogP contribution in [-0.2, 0) is 4.84 Å². The topological polar surface area (TPSA) is 55.6 Å². The van der Waals surface area contributed by atoms with Crippen molar-refractivity contribution in [1.29, 1.82) is 0 Å². The predicted octanol–water partition coefficient (Wildman–Crippen LogP) is 3.56. The molecular formula is C14H12F2N2O3. The van der Waals surface area contributed by atoms with Crippen LogP contribution in [0.1, 0.15) is 12.5 Å². The molecule has 2 rings (SSSR count). The van der Waals surface area contributed by atoms with E-state index in [0.29, 0.717) is 21.9 Å². The summed E-state index contributed by atoms with van der Waals surface area (Å²) in [6, 6.07) is 8.61. The van der Waals surface area contributed by atoms with E-state index in [4.69, 9.17) is 0 Å². The summed E-state index contributed by atoms with van der Waals surface area (Å²) in [5.74, 6) is 0. The molecule has 1 aromatic rings. The number of nitrogens with zero attached hydrogens (tertiary/aromatic N) is 2. The number of hydrogen-bond acceptors (Lipinski definition) is 4. The van der Waals surface area contributed by atoms with Crippen LogP contribution in [0.3, 0.4) is 0 Å². The SMILES string of the molecule is C=C1C([N+](=O)[O-])=CC(C)=C(c2ccccc2)N1OC(F)F. The lowest BCUT2D eigenvalue weighted by Gasteiger charge is -2.30. The van der Waals surface area contributed by atoms with Gasteiger partial charge >= 0.3 is 6.61 Å².